The highest BCUT2D eigenvalue weighted by Crippen LogP contribution is 2.35. The molecule has 2 N–H and O–H groups in total. The summed E-state index contributed by atoms with van der Waals surface area (Å²) in [7, 11) is 0. The number of halogens is 1. The molecule has 0 saturated carbocycles. The number of phenolic OH excluding ortho intramolecular Hbond substituents is 1. The first kappa shape index (κ1) is 16.2. The molecule has 0 saturated heterocycles. The van der Waals surface area contributed by atoms with Crippen molar-refractivity contribution in [2.75, 3.05) is 11.9 Å². The molecule has 5 heteroatoms. The summed E-state index contributed by atoms with van der Waals surface area (Å²) in [6.07, 6.45) is 0. The lowest BCUT2D eigenvalue weighted by Gasteiger charge is -2.11. The van der Waals surface area contributed by atoms with Crippen LogP contribution in [-0.4, -0.2) is 17.6 Å². The van der Waals surface area contributed by atoms with E-state index in [4.69, 9.17) is 16.3 Å². The average molecular weight is 320 g/mol. The molecule has 0 unspecified atom stereocenters. The van der Waals surface area contributed by atoms with Crippen molar-refractivity contribution in [1.29, 1.82) is 0 Å². The summed E-state index contributed by atoms with van der Waals surface area (Å²) in [6, 6.07) is 8.57. The predicted molar refractivity (Wildman–Crippen MR) is 88.2 cm³/mol. The molecule has 116 valence electrons. The van der Waals surface area contributed by atoms with Gasteiger partial charge in [0.05, 0.1) is 11.6 Å². The summed E-state index contributed by atoms with van der Waals surface area (Å²) in [4.78, 5) is 12.3. The number of anilines is 1. The Labute approximate surface area is 134 Å². The zero-order valence-electron chi connectivity index (χ0n) is 12.7. The molecule has 0 radical (unpaired) electrons. The van der Waals surface area contributed by atoms with Gasteiger partial charge in [0.2, 0.25) is 0 Å². The number of rotatable bonds is 4. The Kier molecular flexibility index (Phi) is 4.93. The molecule has 0 atom stereocenters. The van der Waals surface area contributed by atoms with Gasteiger partial charge in [-0.3, -0.25) is 4.79 Å². The summed E-state index contributed by atoms with van der Waals surface area (Å²) < 4.78 is 5.28. The second-order valence-corrected chi connectivity index (χ2v) is 5.40. The molecule has 4 nitrogen and oxygen atoms in total. The smallest absolute Gasteiger partial charge is 0.255 e. The molecule has 0 aliphatic rings. The fourth-order valence-corrected chi connectivity index (χ4v) is 2.20. The maximum Gasteiger partial charge on any atom is 0.255 e. The summed E-state index contributed by atoms with van der Waals surface area (Å²) in [5.41, 5.74) is 3.28. The highest BCUT2D eigenvalue weighted by atomic mass is 35.5. The van der Waals surface area contributed by atoms with Gasteiger partial charge < -0.3 is 15.2 Å². The van der Waals surface area contributed by atoms with E-state index in [9.17, 15) is 9.90 Å². The Hall–Kier alpha value is -2.20. The molecule has 2 aromatic carbocycles. The number of carbonyl (C=O) groups excluding carboxylic acids is 1. The number of phenols is 1. The van der Waals surface area contributed by atoms with E-state index in [1.807, 2.05) is 32.0 Å². The number of amides is 1. The molecular formula is C17H18ClNO3. The van der Waals surface area contributed by atoms with Crippen LogP contribution in [-0.2, 0) is 0 Å². The number of carbonyl (C=O) groups is 1. The molecule has 2 rings (SSSR count). The molecular weight excluding hydrogens is 302 g/mol. The van der Waals surface area contributed by atoms with Crippen molar-refractivity contribution in [3.05, 3.63) is 52.0 Å². The van der Waals surface area contributed by atoms with Crippen molar-refractivity contribution in [1.82, 2.24) is 0 Å². The SMILES string of the molecule is CCOc1cc(C(=O)Nc2ccc(C)c(C)c2)cc(Cl)c1O. The Balaban J connectivity index is 2.27. The van der Waals surface area contributed by atoms with Gasteiger partial charge in [-0.2, -0.15) is 0 Å². The maximum absolute atomic E-state index is 12.3. The summed E-state index contributed by atoms with van der Waals surface area (Å²) in [5.74, 6) is -0.280. The summed E-state index contributed by atoms with van der Waals surface area (Å²) in [6.45, 7) is 6.14. The number of aromatic hydroxyl groups is 1. The Morgan fingerprint density at radius 2 is 1.95 bits per heavy atom. The minimum absolute atomic E-state index is 0.0798. The van der Waals surface area contributed by atoms with Crippen molar-refractivity contribution in [3.63, 3.8) is 0 Å². The largest absolute Gasteiger partial charge is 0.503 e. The highest BCUT2D eigenvalue weighted by molar-refractivity contribution is 6.32. The molecule has 0 aliphatic heterocycles. The standard InChI is InChI=1S/C17H18ClNO3/c1-4-22-15-9-12(8-14(18)16(15)20)17(21)19-13-6-5-10(2)11(3)7-13/h5-9,20H,4H2,1-3H3,(H,19,21). The molecule has 1 amide bonds. The molecule has 0 fully saturated rings. The second kappa shape index (κ2) is 6.71. The van der Waals surface area contributed by atoms with Crippen LogP contribution in [0.15, 0.2) is 30.3 Å². The zero-order valence-corrected chi connectivity index (χ0v) is 13.5. The number of benzene rings is 2. The number of hydrogen-bond donors (Lipinski definition) is 2. The zero-order chi connectivity index (χ0) is 16.3. The van der Waals surface area contributed by atoms with E-state index >= 15 is 0 Å². The van der Waals surface area contributed by atoms with Crippen LogP contribution in [0.5, 0.6) is 11.5 Å². The minimum atomic E-state index is -0.314. The van der Waals surface area contributed by atoms with Crippen LogP contribution >= 0.6 is 11.6 Å². The van der Waals surface area contributed by atoms with Crippen LogP contribution in [0.4, 0.5) is 5.69 Å². The lowest BCUT2D eigenvalue weighted by atomic mass is 10.1. The van der Waals surface area contributed by atoms with Crippen LogP contribution < -0.4 is 10.1 Å². The summed E-state index contributed by atoms with van der Waals surface area (Å²) in [5, 5.41) is 12.7. The van der Waals surface area contributed by atoms with Gasteiger partial charge >= 0.3 is 0 Å². The van der Waals surface area contributed by atoms with Gasteiger partial charge in [-0.25, -0.2) is 0 Å². The van der Waals surface area contributed by atoms with E-state index < -0.39 is 0 Å². The van der Waals surface area contributed by atoms with Crippen molar-refractivity contribution in [2.45, 2.75) is 20.8 Å². The van der Waals surface area contributed by atoms with Crippen molar-refractivity contribution in [2.24, 2.45) is 0 Å². The van der Waals surface area contributed by atoms with Crippen LogP contribution in [0.2, 0.25) is 5.02 Å². The van der Waals surface area contributed by atoms with Gasteiger partial charge in [-0.1, -0.05) is 17.7 Å². The van der Waals surface area contributed by atoms with Crippen LogP contribution in [0, 0.1) is 13.8 Å². The van der Waals surface area contributed by atoms with Gasteiger partial charge in [0.25, 0.3) is 5.91 Å². The lowest BCUT2D eigenvalue weighted by Crippen LogP contribution is -2.12. The van der Waals surface area contributed by atoms with Crippen LogP contribution in [0.25, 0.3) is 0 Å². The van der Waals surface area contributed by atoms with Gasteiger partial charge in [-0.05, 0) is 56.2 Å². The third-order valence-electron chi connectivity index (χ3n) is 3.36. The van der Waals surface area contributed by atoms with E-state index in [1.54, 1.807) is 6.92 Å². The first-order valence-electron chi connectivity index (χ1n) is 6.96. The molecule has 0 aromatic heterocycles. The fourth-order valence-electron chi connectivity index (χ4n) is 1.99. The summed E-state index contributed by atoms with van der Waals surface area (Å²) >= 11 is 5.94. The van der Waals surface area contributed by atoms with Crippen molar-refractivity contribution < 1.29 is 14.6 Å². The third kappa shape index (κ3) is 3.52. The Bertz CT molecular complexity index is 713. The average Bonchev–Trinajstić information content (AvgIpc) is 2.47. The Morgan fingerprint density at radius 1 is 1.23 bits per heavy atom. The first-order chi connectivity index (χ1) is 10.4. The van der Waals surface area contributed by atoms with E-state index in [0.717, 1.165) is 11.1 Å². The monoisotopic (exact) mass is 319 g/mol. The quantitative estimate of drug-likeness (QED) is 0.882. The van der Waals surface area contributed by atoms with Gasteiger partial charge in [0.15, 0.2) is 11.5 Å². The maximum atomic E-state index is 12.3. The first-order valence-corrected chi connectivity index (χ1v) is 7.34. The number of nitrogens with one attached hydrogen (secondary N) is 1. The van der Waals surface area contributed by atoms with Crippen LogP contribution in [0.1, 0.15) is 28.4 Å². The lowest BCUT2D eigenvalue weighted by molar-refractivity contribution is 0.102. The third-order valence-corrected chi connectivity index (χ3v) is 3.64. The number of hydrogen-bond acceptors (Lipinski definition) is 3. The Morgan fingerprint density at radius 3 is 2.59 bits per heavy atom. The molecule has 0 aliphatic carbocycles. The molecule has 0 heterocycles. The molecule has 0 spiro atoms. The van der Waals surface area contributed by atoms with Gasteiger partial charge in [0, 0.05) is 11.3 Å². The van der Waals surface area contributed by atoms with E-state index in [-0.39, 0.29) is 22.4 Å². The molecule has 22 heavy (non-hydrogen) atoms. The fraction of sp³-hybridized carbons (Fsp3) is 0.235. The minimum Gasteiger partial charge on any atom is -0.503 e. The molecule has 2 aromatic rings. The van der Waals surface area contributed by atoms with Crippen molar-refractivity contribution >= 4 is 23.2 Å². The predicted octanol–water partition coefficient (Wildman–Crippen LogP) is 4.31. The van der Waals surface area contributed by atoms with Gasteiger partial charge in [-0.15, -0.1) is 0 Å². The second-order valence-electron chi connectivity index (χ2n) is 4.99. The number of ether oxygens (including phenoxy) is 1. The van der Waals surface area contributed by atoms with Crippen molar-refractivity contribution in [3.8, 4) is 11.5 Å². The van der Waals surface area contributed by atoms with Crippen LogP contribution in [0.3, 0.4) is 0 Å². The topological polar surface area (TPSA) is 58.6 Å². The van der Waals surface area contributed by atoms with Gasteiger partial charge in [0.1, 0.15) is 0 Å². The number of aryl methyl sites for hydroxylation is 2. The van der Waals surface area contributed by atoms with E-state index in [2.05, 4.69) is 5.32 Å². The van der Waals surface area contributed by atoms with E-state index in [0.29, 0.717) is 17.9 Å². The molecule has 0 bridgehead atoms. The highest BCUT2D eigenvalue weighted by Gasteiger charge is 2.14. The normalized spacial score (nSPS) is 10.4. The van der Waals surface area contributed by atoms with E-state index in [1.165, 1.54) is 12.1 Å².